The molecule has 3 aromatic rings. The van der Waals surface area contributed by atoms with E-state index in [1.54, 1.807) is 0 Å². The molecule has 2 aliphatic heterocycles. The maximum Gasteiger partial charge on any atom is 0.340 e. The van der Waals surface area contributed by atoms with Crippen molar-refractivity contribution in [1.29, 1.82) is 0 Å². The van der Waals surface area contributed by atoms with Gasteiger partial charge < -0.3 is 33.0 Å². The fourth-order valence-corrected chi connectivity index (χ4v) is 6.35. The molecule has 1 aromatic heterocycles. The standard InChI is InChI=1S/C17H22BrNO4.C17H21NO4/c1-11(15-10-22-8-9-23-15)19-12(2)16(17(20)21-3)13-6-4-5-7-14(13)18;1-11(15-10-21-8-9-22-15)18-12(2)16(17(19)20-3)13-6-4-5-7-14(13)18/h4-7,11,15-16H,8-10H2,1-3H3;4-7,11,15H,8-10H2,1-3H3. The van der Waals surface area contributed by atoms with Gasteiger partial charge in [-0.05, 0) is 45.4 Å². The number of hydrogen-bond acceptors (Lipinski definition) is 9. The van der Waals surface area contributed by atoms with Crippen LogP contribution >= 0.6 is 15.9 Å². The zero-order valence-corrected chi connectivity index (χ0v) is 28.4. The zero-order chi connectivity index (χ0) is 32.5. The predicted octanol–water partition coefficient (Wildman–Crippen LogP) is 5.68. The monoisotopic (exact) mass is 686 g/mol. The van der Waals surface area contributed by atoms with Crippen LogP contribution in [0.25, 0.3) is 10.9 Å². The van der Waals surface area contributed by atoms with Gasteiger partial charge in [-0.25, -0.2) is 4.79 Å². The third-order valence-corrected chi connectivity index (χ3v) is 8.91. The van der Waals surface area contributed by atoms with Crippen molar-refractivity contribution >= 4 is 44.5 Å². The summed E-state index contributed by atoms with van der Waals surface area (Å²) >= 11 is 3.50. The number of benzene rings is 2. The Morgan fingerprint density at radius 2 is 1.53 bits per heavy atom. The van der Waals surface area contributed by atoms with Gasteiger partial charge in [0.2, 0.25) is 0 Å². The van der Waals surface area contributed by atoms with Crippen molar-refractivity contribution in [2.45, 2.75) is 57.9 Å². The molecule has 2 aromatic carbocycles. The molecule has 5 atom stereocenters. The number of fused-ring (bicyclic) bond motifs is 1. The fourth-order valence-electron chi connectivity index (χ4n) is 5.84. The summed E-state index contributed by atoms with van der Waals surface area (Å²) in [6.07, 6.45) is -0.107. The molecule has 2 saturated heterocycles. The van der Waals surface area contributed by atoms with Crippen LogP contribution in [0.15, 0.2) is 58.0 Å². The van der Waals surface area contributed by atoms with E-state index in [2.05, 4.69) is 32.4 Å². The van der Waals surface area contributed by atoms with Gasteiger partial charge >= 0.3 is 11.9 Å². The molecule has 0 N–H and O–H groups in total. The third kappa shape index (κ3) is 8.20. The van der Waals surface area contributed by atoms with Crippen LogP contribution in [0.1, 0.15) is 54.3 Å². The first-order valence-electron chi connectivity index (χ1n) is 15.1. The van der Waals surface area contributed by atoms with Crippen LogP contribution in [0, 0.1) is 6.92 Å². The number of carbonyl (C=O) groups excluding carboxylic acids is 2. The average molecular weight is 688 g/mol. The van der Waals surface area contributed by atoms with Gasteiger partial charge in [-0.3, -0.25) is 9.79 Å². The minimum atomic E-state index is -0.539. The number of esters is 2. The number of para-hydroxylation sites is 1. The number of aliphatic imine (C=N–C) groups is 1. The summed E-state index contributed by atoms with van der Waals surface area (Å²) in [4.78, 5) is 29.1. The van der Waals surface area contributed by atoms with E-state index in [0.29, 0.717) is 50.9 Å². The summed E-state index contributed by atoms with van der Waals surface area (Å²) in [5.41, 5.74) is 4.08. The van der Waals surface area contributed by atoms with Crippen LogP contribution in [-0.4, -0.2) is 94.3 Å². The highest BCUT2D eigenvalue weighted by molar-refractivity contribution is 9.10. The van der Waals surface area contributed by atoms with Crippen molar-refractivity contribution in [1.82, 2.24) is 4.57 Å². The van der Waals surface area contributed by atoms with Gasteiger partial charge in [0.25, 0.3) is 0 Å². The summed E-state index contributed by atoms with van der Waals surface area (Å²) < 4.78 is 35.4. The van der Waals surface area contributed by atoms with E-state index >= 15 is 0 Å². The molecule has 5 unspecified atom stereocenters. The topological polar surface area (TPSA) is 107 Å². The Morgan fingerprint density at radius 1 is 0.911 bits per heavy atom. The van der Waals surface area contributed by atoms with Gasteiger partial charge in [-0.2, -0.15) is 0 Å². The van der Waals surface area contributed by atoms with E-state index in [1.807, 2.05) is 69.3 Å². The van der Waals surface area contributed by atoms with Crippen molar-refractivity contribution in [3.8, 4) is 0 Å². The SMILES string of the molecule is COC(=O)C(C(C)=NC(C)C1COCCO1)c1ccccc1Br.COC(=O)c1c(C)n(C(C)C2COCCO2)c2ccccc12. The highest BCUT2D eigenvalue weighted by Gasteiger charge is 2.30. The molecule has 10 nitrogen and oxygen atoms in total. The molecule has 0 spiro atoms. The van der Waals surface area contributed by atoms with E-state index in [1.165, 1.54) is 14.2 Å². The normalized spacial score (nSPS) is 20.8. The minimum absolute atomic E-state index is 0.0197. The zero-order valence-electron chi connectivity index (χ0n) is 26.8. The van der Waals surface area contributed by atoms with E-state index < -0.39 is 5.92 Å². The quantitative estimate of drug-likeness (QED) is 0.220. The molecule has 2 aliphatic rings. The Hall–Kier alpha value is -3.09. The summed E-state index contributed by atoms with van der Waals surface area (Å²) in [6.45, 7) is 11.4. The molecule has 0 amide bonds. The molecule has 0 radical (unpaired) electrons. The summed E-state index contributed by atoms with van der Waals surface area (Å²) in [5, 5.41) is 0.912. The van der Waals surface area contributed by atoms with Gasteiger partial charge in [-0.1, -0.05) is 52.3 Å². The Morgan fingerprint density at radius 3 is 2.13 bits per heavy atom. The van der Waals surface area contributed by atoms with Crippen molar-refractivity contribution in [3.63, 3.8) is 0 Å². The summed E-state index contributed by atoms with van der Waals surface area (Å²) in [5.74, 6) is -1.17. The smallest absolute Gasteiger partial charge is 0.340 e. The lowest BCUT2D eigenvalue weighted by atomic mass is 9.94. The van der Waals surface area contributed by atoms with Gasteiger partial charge in [0.05, 0.1) is 71.5 Å². The maximum absolute atomic E-state index is 12.3. The first-order chi connectivity index (χ1) is 21.7. The molecule has 0 bridgehead atoms. The van der Waals surface area contributed by atoms with Crippen LogP contribution in [0.3, 0.4) is 0 Å². The van der Waals surface area contributed by atoms with Crippen molar-refractivity contribution in [3.05, 3.63) is 69.8 Å². The van der Waals surface area contributed by atoms with Gasteiger partial charge in [-0.15, -0.1) is 0 Å². The van der Waals surface area contributed by atoms with E-state index in [-0.39, 0.29) is 36.2 Å². The number of nitrogens with zero attached hydrogens (tertiary/aromatic N) is 2. The van der Waals surface area contributed by atoms with Gasteiger partial charge in [0.1, 0.15) is 18.1 Å². The second-order valence-corrected chi connectivity index (χ2v) is 11.9. The lowest BCUT2D eigenvalue weighted by Crippen LogP contribution is -2.37. The highest BCUT2D eigenvalue weighted by atomic mass is 79.9. The second-order valence-electron chi connectivity index (χ2n) is 11.0. The Kier molecular flexibility index (Phi) is 12.7. The Bertz CT molecular complexity index is 1480. The van der Waals surface area contributed by atoms with Crippen molar-refractivity contribution < 1.29 is 38.0 Å². The third-order valence-electron chi connectivity index (χ3n) is 8.19. The van der Waals surface area contributed by atoms with Crippen LogP contribution in [-0.2, 0) is 33.2 Å². The second kappa shape index (κ2) is 16.5. The fraction of sp³-hybridized carbons (Fsp3) is 0.500. The molecule has 2 fully saturated rings. The molecule has 3 heterocycles. The van der Waals surface area contributed by atoms with Crippen molar-refractivity contribution in [2.24, 2.45) is 4.99 Å². The molecule has 11 heteroatoms. The van der Waals surface area contributed by atoms with Crippen molar-refractivity contribution in [2.75, 3.05) is 53.9 Å². The van der Waals surface area contributed by atoms with Gasteiger partial charge in [0.15, 0.2) is 0 Å². The van der Waals surface area contributed by atoms with Crippen LogP contribution < -0.4 is 0 Å². The Labute approximate surface area is 273 Å². The van der Waals surface area contributed by atoms with E-state index in [9.17, 15) is 9.59 Å². The van der Waals surface area contributed by atoms with Crippen LogP contribution in [0.4, 0.5) is 0 Å². The first-order valence-corrected chi connectivity index (χ1v) is 15.9. The van der Waals surface area contributed by atoms with Crippen LogP contribution in [0.5, 0.6) is 0 Å². The lowest BCUT2D eigenvalue weighted by Gasteiger charge is -2.30. The lowest BCUT2D eigenvalue weighted by molar-refractivity contribution is -0.140. The number of hydrogen-bond donors (Lipinski definition) is 0. The molecule has 0 saturated carbocycles. The first kappa shape index (κ1) is 34.8. The van der Waals surface area contributed by atoms with Gasteiger partial charge in [0, 0.05) is 26.8 Å². The average Bonchev–Trinajstić information content (AvgIpc) is 3.37. The number of rotatable bonds is 8. The maximum atomic E-state index is 12.3. The summed E-state index contributed by atoms with van der Waals surface area (Å²) in [6, 6.07) is 15.5. The molecule has 244 valence electrons. The number of ether oxygens (including phenoxy) is 6. The number of carbonyl (C=O) groups is 2. The molecule has 45 heavy (non-hydrogen) atoms. The number of halogens is 1. The highest BCUT2D eigenvalue weighted by Crippen LogP contribution is 2.32. The largest absolute Gasteiger partial charge is 0.468 e. The summed E-state index contributed by atoms with van der Waals surface area (Å²) in [7, 11) is 2.80. The molecule has 5 rings (SSSR count). The predicted molar refractivity (Wildman–Crippen MR) is 175 cm³/mol. The Balaban J connectivity index is 0.000000205. The van der Waals surface area contributed by atoms with Crippen LogP contribution in [0.2, 0.25) is 0 Å². The molecule has 0 aliphatic carbocycles. The number of methoxy groups -OCH3 is 2. The number of aromatic nitrogens is 1. The van der Waals surface area contributed by atoms with E-state index in [0.717, 1.165) is 26.6 Å². The molecular weight excluding hydrogens is 644 g/mol. The molecular formula is C34H43BrN2O8. The minimum Gasteiger partial charge on any atom is -0.468 e. The van der Waals surface area contributed by atoms with E-state index in [4.69, 9.17) is 28.4 Å².